The molecule has 7 heteroatoms. The number of benzene rings is 1. The van der Waals surface area contributed by atoms with Crippen molar-refractivity contribution in [3.63, 3.8) is 0 Å². The summed E-state index contributed by atoms with van der Waals surface area (Å²) in [6, 6.07) is 8.15. The van der Waals surface area contributed by atoms with Gasteiger partial charge in [0.1, 0.15) is 35.6 Å². The number of rotatable bonds is 4. The van der Waals surface area contributed by atoms with Crippen LogP contribution in [0.15, 0.2) is 35.4 Å². The summed E-state index contributed by atoms with van der Waals surface area (Å²) in [4.78, 5) is 12.4. The molecular weight excluding hydrogens is 446 g/mol. The maximum absolute atomic E-state index is 12.9. The van der Waals surface area contributed by atoms with Crippen molar-refractivity contribution in [2.24, 2.45) is 17.3 Å². The molecule has 3 saturated heterocycles. The lowest BCUT2D eigenvalue weighted by molar-refractivity contribution is -0.159. The second kappa shape index (κ2) is 5.96. The molecule has 5 fully saturated rings. The van der Waals surface area contributed by atoms with Crippen LogP contribution in [-0.2, 0) is 23.7 Å². The van der Waals surface area contributed by atoms with Gasteiger partial charge in [0.25, 0.3) is 0 Å². The van der Waals surface area contributed by atoms with E-state index in [-0.39, 0.29) is 41.5 Å². The first-order valence-electron chi connectivity index (χ1n) is 13.1. The number of anilines is 1. The summed E-state index contributed by atoms with van der Waals surface area (Å²) in [5, 5.41) is 16.5. The van der Waals surface area contributed by atoms with Crippen molar-refractivity contribution in [2.75, 3.05) is 18.5 Å². The number of carbonyl (C=O) groups excluding carboxylic acids is 1. The van der Waals surface area contributed by atoms with Gasteiger partial charge >= 0.3 is 5.97 Å². The van der Waals surface area contributed by atoms with E-state index in [1.54, 1.807) is 0 Å². The molecule has 0 bridgehead atoms. The zero-order valence-corrected chi connectivity index (χ0v) is 20.7. The third kappa shape index (κ3) is 1.98. The van der Waals surface area contributed by atoms with Gasteiger partial charge in [0.2, 0.25) is 0 Å². The zero-order chi connectivity index (χ0) is 24.2. The van der Waals surface area contributed by atoms with Crippen molar-refractivity contribution in [1.29, 1.82) is 0 Å². The van der Waals surface area contributed by atoms with E-state index in [0.717, 1.165) is 35.2 Å². The summed E-state index contributed by atoms with van der Waals surface area (Å²) in [5.41, 5.74) is 0.449. The maximum Gasteiger partial charge on any atom is 0.334 e. The van der Waals surface area contributed by atoms with Crippen LogP contribution in [0.3, 0.4) is 0 Å². The second-order valence-electron chi connectivity index (χ2n) is 12.4. The highest BCUT2D eigenvalue weighted by atomic mass is 16.7. The van der Waals surface area contributed by atoms with Crippen molar-refractivity contribution in [1.82, 2.24) is 0 Å². The number of carbonyl (C=O) groups is 1. The van der Waals surface area contributed by atoms with Crippen LogP contribution in [0.1, 0.15) is 45.6 Å². The lowest BCUT2D eigenvalue weighted by Crippen LogP contribution is -2.77. The summed E-state index contributed by atoms with van der Waals surface area (Å²) in [6.45, 7) is 9.34. The molecule has 8 rings (SSSR count). The minimum atomic E-state index is -1.26. The standard InChI is InChI=1S/C28H33NO6/c1-14(2)26-21(34-26)22-28(35-22)24(4)10-9-16-17(12-32-23(16)30)18(24)11-20-27(28,33-20)25(26,31)13-29-19-8-6-5-7-15(19)3/h5-8,14,18,20-22,29,31H,9-13H2,1-4H3/t18-,20+,21-,22+,24-,25-,26-,27+,28+/m0/s1. The van der Waals surface area contributed by atoms with Gasteiger partial charge in [0.15, 0.2) is 5.60 Å². The molecule has 9 atom stereocenters. The predicted octanol–water partition coefficient (Wildman–Crippen LogP) is 2.89. The number of hydrogen-bond donors (Lipinski definition) is 2. The first kappa shape index (κ1) is 21.2. The van der Waals surface area contributed by atoms with Crippen LogP contribution in [0.2, 0.25) is 0 Å². The van der Waals surface area contributed by atoms with Gasteiger partial charge in [-0.1, -0.05) is 39.0 Å². The first-order chi connectivity index (χ1) is 16.7. The Labute approximate surface area is 205 Å². The summed E-state index contributed by atoms with van der Waals surface area (Å²) in [5.74, 6) is 0.0974. The molecule has 0 radical (unpaired) electrons. The van der Waals surface area contributed by atoms with Crippen molar-refractivity contribution >= 4 is 11.7 Å². The Balaban J connectivity index is 1.25. The SMILES string of the molecule is Cc1ccccc1NC[C@@]1(O)[C@]23O[C@@H]2C[C@H]2C4=C(CC[C@]2(C)[C@@]32O[C@@H]2[C@@H]2O[C@@]21C(C)C)C(=O)OC4. The Kier molecular flexibility index (Phi) is 3.61. The highest BCUT2D eigenvalue weighted by molar-refractivity contribution is 5.92. The quantitative estimate of drug-likeness (QED) is 0.506. The Hall–Kier alpha value is -1.93. The number of para-hydroxylation sites is 1. The lowest BCUT2D eigenvalue weighted by Gasteiger charge is -2.57. The van der Waals surface area contributed by atoms with Crippen molar-refractivity contribution < 1.29 is 28.8 Å². The Bertz CT molecular complexity index is 1230. The van der Waals surface area contributed by atoms with Crippen LogP contribution in [0.25, 0.3) is 0 Å². The molecule has 35 heavy (non-hydrogen) atoms. The fraction of sp³-hybridized carbons (Fsp3) is 0.679. The molecule has 186 valence electrons. The van der Waals surface area contributed by atoms with Gasteiger partial charge in [-0.25, -0.2) is 4.79 Å². The molecule has 3 aliphatic carbocycles. The van der Waals surface area contributed by atoms with Crippen LogP contribution in [0.4, 0.5) is 5.69 Å². The summed E-state index contributed by atoms with van der Waals surface area (Å²) in [6.07, 6.45) is 1.89. The largest absolute Gasteiger partial charge is 0.458 e. The molecule has 1 aromatic carbocycles. The van der Waals surface area contributed by atoms with Gasteiger partial charge in [-0.3, -0.25) is 0 Å². The smallest absolute Gasteiger partial charge is 0.334 e. The predicted molar refractivity (Wildman–Crippen MR) is 126 cm³/mol. The average Bonchev–Trinajstić information content (AvgIpc) is 3.72. The molecular formula is C28H33NO6. The number of aryl methyl sites for hydroxylation is 1. The van der Waals surface area contributed by atoms with Gasteiger partial charge < -0.3 is 29.4 Å². The van der Waals surface area contributed by atoms with E-state index >= 15 is 0 Å². The molecule has 2 saturated carbocycles. The van der Waals surface area contributed by atoms with Gasteiger partial charge in [-0.05, 0) is 55.2 Å². The summed E-state index contributed by atoms with van der Waals surface area (Å²) in [7, 11) is 0. The number of ether oxygens (including phenoxy) is 4. The summed E-state index contributed by atoms with van der Waals surface area (Å²) < 4.78 is 25.5. The Morgan fingerprint density at radius 2 is 1.94 bits per heavy atom. The number of nitrogens with one attached hydrogen (secondary N) is 1. The number of aliphatic hydroxyl groups is 1. The molecule has 2 N–H and O–H groups in total. The first-order valence-corrected chi connectivity index (χ1v) is 13.1. The third-order valence-corrected chi connectivity index (χ3v) is 11.1. The van der Waals surface area contributed by atoms with Crippen molar-refractivity contribution in [3.05, 3.63) is 41.0 Å². The number of cyclic esters (lactones) is 1. The fourth-order valence-electron chi connectivity index (χ4n) is 9.34. The number of hydrogen-bond acceptors (Lipinski definition) is 7. The molecule has 0 unspecified atom stereocenters. The molecule has 2 spiro atoms. The Morgan fingerprint density at radius 1 is 1.14 bits per heavy atom. The van der Waals surface area contributed by atoms with E-state index in [4.69, 9.17) is 18.9 Å². The topological polar surface area (TPSA) is 96.1 Å². The fourth-order valence-corrected chi connectivity index (χ4v) is 9.34. The minimum Gasteiger partial charge on any atom is -0.458 e. The molecule has 7 aliphatic rings. The molecule has 0 aromatic heterocycles. The normalized spacial score (nSPS) is 51.9. The van der Waals surface area contributed by atoms with Gasteiger partial charge in [0.05, 0.1) is 6.10 Å². The molecule has 7 nitrogen and oxygen atoms in total. The maximum atomic E-state index is 12.9. The molecule has 4 aliphatic heterocycles. The van der Waals surface area contributed by atoms with Crippen LogP contribution >= 0.6 is 0 Å². The number of esters is 1. The molecule has 1 aromatic rings. The van der Waals surface area contributed by atoms with Crippen LogP contribution < -0.4 is 5.32 Å². The van der Waals surface area contributed by atoms with E-state index < -0.39 is 22.4 Å². The highest BCUT2D eigenvalue weighted by Crippen LogP contribution is 2.85. The Morgan fingerprint density at radius 3 is 2.71 bits per heavy atom. The van der Waals surface area contributed by atoms with Crippen molar-refractivity contribution in [2.45, 2.75) is 87.7 Å². The van der Waals surface area contributed by atoms with Gasteiger partial charge in [-0.15, -0.1) is 0 Å². The number of fused-ring (bicyclic) bond motifs is 4. The van der Waals surface area contributed by atoms with Crippen LogP contribution in [0, 0.1) is 24.2 Å². The van der Waals surface area contributed by atoms with Gasteiger partial charge in [0, 0.05) is 23.2 Å². The molecule has 4 heterocycles. The second-order valence-corrected chi connectivity index (χ2v) is 12.4. The third-order valence-electron chi connectivity index (χ3n) is 11.1. The lowest BCUT2D eigenvalue weighted by atomic mass is 9.44. The van der Waals surface area contributed by atoms with E-state index in [0.29, 0.717) is 19.6 Å². The van der Waals surface area contributed by atoms with E-state index in [9.17, 15) is 9.90 Å². The average molecular weight is 480 g/mol. The van der Waals surface area contributed by atoms with Gasteiger partial charge in [-0.2, -0.15) is 0 Å². The van der Waals surface area contributed by atoms with Crippen LogP contribution in [0.5, 0.6) is 0 Å². The number of epoxide rings is 3. The van der Waals surface area contributed by atoms with E-state index in [1.165, 1.54) is 0 Å². The van der Waals surface area contributed by atoms with Crippen molar-refractivity contribution in [3.8, 4) is 0 Å². The highest BCUT2D eigenvalue weighted by Gasteiger charge is 3.04. The minimum absolute atomic E-state index is 0.0957. The van der Waals surface area contributed by atoms with Crippen LogP contribution in [-0.4, -0.2) is 64.9 Å². The zero-order valence-electron chi connectivity index (χ0n) is 20.7. The monoisotopic (exact) mass is 479 g/mol. The van der Waals surface area contributed by atoms with E-state index in [2.05, 4.69) is 39.1 Å². The molecule has 0 amide bonds. The van der Waals surface area contributed by atoms with E-state index in [1.807, 2.05) is 18.2 Å². The summed E-state index contributed by atoms with van der Waals surface area (Å²) >= 11 is 0.